The predicted octanol–water partition coefficient (Wildman–Crippen LogP) is 3.79. The number of allylic oxidation sites excluding steroid dienone is 3. The molecule has 0 aromatic heterocycles. The zero-order chi connectivity index (χ0) is 13.8. The van der Waals surface area contributed by atoms with E-state index in [0.29, 0.717) is 11.3 Å². The number of hydrogen-bond acceptors (Lipinski definition) is 1. The van der Waals surface area contributed by atoms with E-state index < -0.39 is 0 Å². The fourth-order valence-corrected chi connectivity index (χ4v) is 2.48. The Morgan fingerprint density at radius 2 is 2.11 bits per heavy atom. The van der Waals surface area contributed by atoms with Crippen LogP contribution >= 0.6 is 0 Å². The summed E-state index contributed by atoms with van der Waals surface area (Å²) in [6.45, 7) is 9.43. The van der Waals surface area contributed by atoms with Gasteiger partial charge in [-0.3, -0.25) is 4.79 Å². The van der Waals surface area contributed by atoms with E-state index in [1.54, 1.807) is 12.2 Å². The average molecular weight is 249 g/mol. The van der Waals surface area contributed by atoms with Gasteiger partial charge in [0.25, 0.3) is 0 Å². The van der Waals surface area contributed by atoms with Crippen LogP contribution in [0, 0.1) is 11.3 Å². The molecule has 0 aliphatic heterocycles. The Morgan fingerprint density at radius 1 is 1.44 bits per heavy atom. The second-order valence-corrected chi connectivity index (χ2v) is 6.09. The van der Waals surface area contributed by atoms with Gasteiger partial charge in [0, 0.05) is 13.6 Å². The van der Waals surface area contributed by atoms with Crippen molar-refractivity contribution >= 4 is 5.91 Å². The zero-order valence-electron chi connectivity index (χ0n) is 12.5. The fourth-order valence-electron chi connectivity index (χ4n) is 2.48. The number of hydrogen-bond donors (Lipinski definition) is 0. The van der Waals surface area contributed by atoms with Crippen LogP contribution in [0.25, 0.3) is 0 Å². The Kier molecular flexibility index (Phi) is 5.18. The van der Waals surface area contributed by atoms with E-state index >= 15 is 0 Å². The van der Waals surface area contributed by atoms with Crippen LogP contribution in [-0.2, 0) is 4.79 Å². The minimum absolute atomic E-state index is 0.121. The van der Waals surface area contributed by atoms with Crippen molar-refractivity contribution in [3.05, 3.63) is 23.8 Å². The molecule has 2 heteroatoms. The first-order chi connectivity index (χ1) is 8.39. The van der Waals surface area contributed by atoms with Gasteiger partial charge in [0.1, 0.15) is 0 Å². The van der Waals surface area contributed by atoms with E-state index in [1.807, 2.05) is 18.9 Å². The van der Waals surface area contributed by atoms with E-state index in [2.05, 4.69) is 26.8 Å². The average Bonchev–Trinajstić information content (AvgIpc) is 2.88. The highest BCUT2D eigenvalue weighted by atomic mass is 16.2. The predicted molar refractivity (Wildman–Crippen MR) is 77.3 cm³/mol. The van der Waals surface area contributed by atoms with Crippen LogP contribution in [0.5, 0.6) is 0 Å². The summed E-state index contributed by atoms with van der Waals surface area (Å²) >= 11 is 0. The van der Waals surface area contributed by atoms with Gasteiger partial charge in [0.05, 0.1) is 0 Å². The summed E-state index contributed by atoms with van der Waals surface area (Å²) in [5.74, 6) is 0.804. The molecule has 1 rings (SSSR count). The minimum Gasteiger partial charge on any atom is -0.342 e. The highest BCUT2D eigenvalue weighted by molar-refractivity contribution is 5.87. The third-order valence-electron chi connectivity index (χ3n) is 3.99. The maximum atomic E-state index is 11.7. The summed E-state index contributed by atoms with van der Waals surface area (Å²) < 4.78 is 0. The summed E-state index contributed by atoms with van der Waals surface area (Å²) in [5, 5.41) is 0. The van der Waals surface area contributed by atoms with Crippen LogP contribution in [0.4, 0.5) is 0 Å². The smallest absolute Gasteiger partial charge is 0.245 e. The molecule has 0 bridgehead atoms. The quantitative estimate of drug-likeness (QED) is 0.518. The zero-order valence-corrected chi connectivity index (χ0v) is 12.5. The molecule has 1 aliphatic carbocycles. The van der Waals surface area contributed by atoms with Gasteiger partial charge < -0.3 is 4.90 Å². The number of carbonyl (C=O) groups excluding carboxylic acids is 1. The highest BCUT2D eigenvalue weighted by Crippen LogP contribution is 2.55. The summed E-state index contributed by atoms with van der Waals surface area (Å²) in [5.41, 5.74) is 1.85. The van der Waals surface area contributed by atoms with Gasteiger partial charge in [0.2, 0.25) is 5.91 Å². The normalized spacial score (nSPS) is 26.2. The highest BCUT2D eigenvalue weighted by Gasteiger charge is 2.49. The Bertz CT molecular complexity index is 352. The number of rotatable bonds is 6. The lowest BCUT2D eigenvalue weighted by Gasteiger charge is -2.17. The van der Waals surface area contributed by atoms with Crippen LogP contribution in [0.2, 0.25) is 0 Å². The SMILES string of the molecule is CC=CC(=O)N(C)CC1CC1(C)CCC=C(C)C. The first-order valence-electron chi connectivity index (χ1n) is 6.90. The summed E-state index contributed by atoms with van der Waals surface area (Å²) in [4.78, 5) is 13.5. The summed E-state index contributed by atoms with van der Waals surface area (Å²) in [6.07, 6.45) is 9.44. The first kappa shape index (κ1) is 15.0. The van der Waals surface area contributed by atoms with Gasteiger partial charge in [-0.25, -0.2) is 0 Å². The molecule has 0 saturated heterocycles. The number of amides is 1. The molecule has 0 aromatic carbocycles. The van der Waals surface area contributed by atoms with Crippen molar-refractivity contribution < 1.29 is 4.79 Å². The number of likely N-dealkylation sites (N-methyl/N-ethyl adjacent to an activating group) is 1. The van der Waals surface area contributed by atoms with E-state index in [1.165, 1.54) is 24.8 Å². The second kappa shape index (κ2) is 6.21. The Labute approximate surface area is 112 Å². The minimum atomic E-state index is 0.121. The molecular formula is C16H27NO. The topological polar surface area (TPSA) is 20.3 Å². The molecule has 1 aliphatic rings. The van der Waals surface area contributed by atoms with Crippen molar-refractivity contribution in [2.24, 2.45) is 11.3 Å². The van der Waals surface area contributed by atoms with Crippen LogP contribution in [0.15, 0.2) is 23.8 Å². The van der Waals surface area contributed by atoms with Gasteiger partial charge in [-0.2, -0.15) is 0 Å². The lowest BCUT2D eigenvalue weighted by atomic mass is 9.98. The number of nitrogens with zero attached hydrogens (tertiary/aromatic N) is 1. The lowest BCUT2D eigenvalue weighted by molar-refractivity contribution is -0.125. The van der Waals surface area contributed by atoms with E-state index in [9.17, 15) is 4.79 Å². The summed E-state index contributed by atoms with van der Waals surface area (Å²) in [7, 11) is 1.90. The van der Waals surface area contributed by atoms with Crippen LogP contribution in [0.1, 0.15) is 47.0 Å². The van der Waals surface area contributed by atoms with Gasteiger partial charge in [0.15, 0.2) is 0 Å². The molecule has 2 nitrogen and oxygen atoms in total. The van der Waals surface area contributed by atoms with Crippen molar-refractivity contribution in [2.75, 3.05) is 13.6 Å². The fraction of sp³-hybridized carbons (Fsp3) is 0.688. The molecule has 0 N–H and O–H groups in total. The molecule has 102 valence electrons. The van der Waals surface area contributed by atoms with Crippen molar-refractivity contribution in [1.82, 2.24) is 4.90 Å². The van der Waals surface area contributed by atoms with Crippen molar-refractivity contribution in [1.29, 1.82) is 0 Å². The molecule has 0 aromatic rings. The standard InChI is InChI=1S/C16H27NO/c1-6-8-15(18)17(5)12-14-11-16(14,4)10-7-9-13(2)3/h6,8-9,14H,7,10-12H2,1-5H3. The number of carbonyl (C=O) groups is 1. The molecule has 18 heavy (non-hydrogen) atoms. The first-order valence-corrected chi connectivity index (χ1v) is 6.90. The van der Waals surface area contributed by atoms with E-state index in [4.69, 9.17) is 0 Å². The molecule has 1 amide bonds. The maximum absolute atomic E-state index is 11.7. The Morgan fingerprint density at radius 3 is 2.67 bits per heavy atom. The second-order valence-electron chi connectivity index (χ2n) is 6.09. The molecule has 0 spiro atoms. The van der Waals surface area contributed by atoms with Crippen LogP contribution in [0.3, 0.4) is 0 Å². The van der Waals surface area contributed by atoms with Gasteiger partial charge in [-0.15, -0.1) is 0 Å². The van der Waals surface area contributed by atoms with Crippen molar-refractivity contribution in [2.45, 2.75) is 47.0 Å². The molecule has 0 radical (unpaired) electrons. The van der Waals surface area contributed by atoms with Gasteiger partial charge in [-0.1, -0.05) is 24.6 Å². The Balaban J connectivity index is 2.35. The molecule has 2 atom stereocenters. The third-order valence-corrected chi connectivity index (χ3v) is 3.99. The van der Waals surface area contributed by atoms with Crippen molar-refractivity contribution in [3.63, 3.8) is 0 Å². The molecule has 1 saturated carbocycles. The third kappa shape index (κ3) is 4.32. The molecule has 2 unspecified atom stereocenters. The maximum Gasteiger partial charge on any atom is 0.245 e. The Hall–Kier alpha value is -1.05. The van der Waals surface area contributed by atoms with Gasteiger partial charge in [-0.05, 0) is 57.4 Å². The molecular weight excluding hydrogens is 222 g/mol. The lowest BCUT2D eigenvalue weighted by Crippen LogP contribution is -2.28. The monoisotopic (exact) mass is 249 g/mol. The largest absolute Gasteiger partial charge is 0.342 e. The van der Waals surface area contributed by atoms with E-state index in [0.717, 1.165) is 6.54 Å². The van der Waals surface area contributed by atoms with E-state index in [-0.39, 0.29) is 5.91 Å². The molecule has 1 fully saturated rings. The van der Waals surface area contributed by atoms with Crippen LogP contribution in [-0.4, -0.2) is 24.4 Å². The van der Waals surface area contributed by atoms with Crippen LogP contribution < -0.4 is 0 Å². The summed E-state index contributed by atoms with van der Waals surface area (Å²) in [6, 6.07) is 0. The van der Waals surface area contributed by atoms with Crippen molar-refractivity contribution in [3.8, 4) is 0 Å². The molecule has 0 heterocycles. The van der Waals surface area contributed by atoms with Gasteiger partial charge >= 0.3 is 0 Å².